The molecule has 2 aromatic carbocycles. The topological polar surface area (TPSA) is 156 Å². The summed E-state index contributed by atoms with van der Waals surface area (Å²) in [5.74, 6) is 0.0545. The molecule has 3 rings (SSSR count). The molecule has 0 atom stereocenters. The molecule has 0 amide bonds. The number of hydrogen-bond acceptors (Lipinski definition) is 10. The van der Waals surface area contributed by atoms with E-state index >= 15 is 0 Å². The van der Waals surface area contributed by atoms with E-state index in [-0.39, 0.29) is 43.3 Å². The molecule has 0 fully saturated rings. The molecule has 0 aliphatic heterocycles. The summed E-state index contributed by atoms with van der Waals surface area (Å²) in [6.45, 7) is 0.410. The van der Waals surface area contributed by atoms with Gasteiger partial charge in [-0.3, -0.25) is 10.1 Å². The van der Waals surface area contributed by atoms with Crippen LogP contribution in [0.5, 0.6) is 0 Å². The molecular weight excluding hydrogens is 422 g/mol. The van der Waals surface area contributed by atoms with Crippen molar-refractivity contribution in [2.45, 2.75) is 12.8 Å². The van der Waals surface area contributed by atoms with E-state index in [1.54, 1.807) is 29.2 Å². The van der Waals surface area contributed by atoms with E-state index in [4.69, 9.17) is 10.5 Å². The predicted octanol–water partition coefficient (Wildman–Crippen LogP) is 5.18. The minimum Gasteiger partial charge on any atom is -0.349 e. The molecule has 0 aliphatic carbocycles. The maximum Gasteiger partial charge on any atom is 0.353 e. The van der Waals surface area contributed by atoms with E-state index in [0.29, 0.717) is 11.4 Å². The van der Waals surface area contributed by atoms with Crippen LogP contribution in [0.15, 0.2) is 71.2 Å². The van der Waals surface area contributed by atoms with Gasteiger partial charge >= 0.3 is 5.69 Å². The van der Waals surface area contributed by atoms with Gasteiger partial charge in [-0.2, -0.15) is 20.8 Å². The summed E-state index contributed by atoms with van der Waals surface area (Å²) in [5.41, 5.74) is 1.56. The van der Waals surface area contributed by atoms with Gasteiger partial charge in [0.05, 0.1) is 41.3 Å². The largest absolute Gasteiger partial charge is 0.353 e. The zero-order valence-electron chi connectivity index (χ0n) is 17.5. The van der Waals surface area contributed by atoms with Crippen molar-refractivity contribution in [1.82, 2.24) is 9.97 Å². The Kier molecular flexibility index (Phi) is 7.92. The van der Waals surface area contributed by atoms with Gasteiger partial charge in [0.25, 0.3) is 0 Å². The fourth-order valence-corrected chi connectivity index (χ4v) is 2.91. The van der Waals surface area contributed by atoms with Crippen LogP contribution < -0.4 is 10.2 Å². The van der Waals surface area contributed by atoms with Crippen molar-refractivity contribution in [3.63, 3.8) is 0 Å². The molecule has 0 unspecified atom stereocenters. The van der Waals surface area contributed by atoms with Gasteiger partial charge in [-0.1, -0.05) is 18.2 Å². The highest BCUT2D eigenvalue weighted by atomic mass is 16.6. The molecular formula is C22H19N9O2. The normalized spacial score (nSPS) is 10.4. The number of nitriles is 2. The molecule has 0 radical (unpaired) electrons. The number of hydrogen-bond donors (Lipinski definition) is 1. The van der Waals surface area contributed by atoms with Gasteiger partial charge in [-0.15, -0.1) is 0 Å². The van der Waals surface area contributed by atoms with E-state index < -0.39 is 4.92 Å². The predicted molar refractivity (Wildman–Crippen MR) is 122 cm³/mol. The second kappa shape index (κ2) is 11.5. The first-order valence-electron chi connectivity index (χ1n) is 9.94. The fourth-order valence-electron chi connectivity index (χ4n) is 2.91. The molecule has 0 aliphatic rings. The SMILES string of the molecule is N#CCCN(CCC#N)c1ncnc(Nc2ccc(N=Nc3ccccc3)cc2)c1[N+](=O)[O-]. The van der Waals surface area contributed by atoms with E-state index in [9.17, 15) is 10.1 Å². The molecule has 164 valence electrons. The highest BCUT2D eigenvalue weighted by Gasteiger charge is 2.27. The van der Waals surface area contributed by atoms with Crippen molar-refractivity contribution in [3.05, 3.63) is 71.0 Å². The number of rotatable bonds is 10. The Morgan fingerprint density at radius 3 is 2.12 bits per heavy atom. The van der Waals surface area contributed by atoms with Crippen molar-refractivity contribution in [2.24, 2.45) is 10.2 Å². The summed E-state index contributed by atoms with van der Waals surface area (Å²) in [5, 5.41) is 40.9. The average molecular weight is 441 g/mol. The molecule has 11 nitrogen and oxygen atoms in total. The van der Waals surface area contributed by atoms with Crippen LogP contribution in [-0.4, -0.2) is 28.0 Å². The number of nitrogens with one attached hydrogen (secondary N) is 1. The van der Waals surface area contributed by atoms with Gasteiger partial charge in [0, 0.05) is 18.8 Å². The van der Waals surface area contributed by atoms with Crippen molar-refractivity contribution < 1.29 is 4.92 Å². The lowest BCUT2D eigenvalue weighted by Crippen LogP contribution is -2.27. The first kappa shape index (κ1) is 22.8. The minimum absolute atomic E-state index is 0.00239. The highest BCUT2D eigenvalue weighted by Crippen LogP contribution is 2.34. The number of benzene rings is 2. The standard InChI is InChI=1S/C22H19N9O2/c23-12-4-14-30(15-5-13-24)22-20(31(32)33)21(25-16-26-22)27-17-8-10-19(11-9-17)29-28-18-6-2-1-3-7-18/h1-3,6-11,16H,4-5,14-15H2,(H,25,26,27). The van der Waals surface area contributed by atoms with Gasteiger partial charge in [0.1, 0.15) is 6.33 Å². The van der Waals surface area contributed by atoms with E-state index in [1.165, 1.54) is 6.33 Å². The lowest BCUT2D eigenvalue weighted by Gasteiger charge is -2.21. The molecule has 3 aromatic rings. The summed E-state index contributed by atoms with van der Waals surface area (Å²) < 4.78 is 0. The van der Waals surface area contributed by atoms with Crippen molar-refractivity contribution in [2.75, 3.05) is 23.3 Å². The van der Waals surface area contributed by atoms with Crippen LogP contribution in [0.4, 0.5) is 34.4 Å². The first-order valence-corrected chi connectivity index (χ1v) is 9.94. The monoisotopic (exact) mass is 441 g/mol. The van der Waals surface area contributed by atoms with Crippen LogP contribution in [-0.2, 0) is 0 Å². The summed E-state index contributed by atoms with van der Waals surface area (Å²) >= 11 is 0. The van der Waals surface area contributed by atoms with Gasteiger partial charge in [0.15, 0.2) is 0 Å². The molecule has 0 saturated heterocycles. The van der Waals surface area contributed by atoms with Crippen molar-refractivity contribution in [3.8, 4) is 12.1 Å². The Hall–Kier alpha value is -4.90. The summed E-state index contributed by atoms with van der Waals surface area (Å²) in [6, 6.07) is 20.1. The summed E-state index contributed by atoms with van der Waals surface area (Å²) in [6.07, 6.45) is 1.47. The van der Waals surface area contributed by atoms with Gasteiger partial charge in [0.2, 0.25) is 11.6 Å². The Morgan fingerprint density at radius 1 is 0.939 bits per heavy atom. The fraction of sp³-hybridized carbons (Fsp3) is 0.182. The summed E-state index contributed by atoms with van der Waals surface area (Å²) in [4.78, 5) is 20.9. The molecule has 1 N–H and O–H groups in total. The smallest absolute Gasteiger partial charge is 0.349 e. The Morgan fingerprint density at radius 2 is 1.55 bits per heavy atom. The van der Waals surface area contributed by atoms with Crippen LogP contribution in [0.3, 0.4) is 0 Å². The third-order valence-corrected chi connectivity index (χ3v) is 4.44. The first-order chi connectivity index (χ1) is 16.1. The van der Waals surface area contributed by atoms with Gasteiger partial charge < -0.3 is 10.2 Å². The second-order valence-corrected chi connectivity index (χ2v) is 6.66. The van der Waals surface area contributed by atoms with Crippen molar-refractivity contribution >= 4 is 34.4 Å². The Bertz CT molecular complexity index is 1180. The molecule has 33 heavy (non-hydrogen) atoms. The van der Waals surface area contributed by atoms with Crippen LogP contribution in [0.1, 0.15) is 12.8 Å². The minimum atomic E-state index is -0.578. The van der Waals surface area contributed by atoms with Crippen LogP contribution in [0, 0.1) is 32.8 Å². The van der Waals surface area contributed by atoms with E-state index in [0.717, 1.165) is 5.69 Å². The number of aromatic nitrogens is 2. The average Bonchev–Trinajstić information content (AvgIpc) is 2.84. The van der Waals surface area contributed by atoms with E-state index in [1.807, 2.05) is 42.5 Å². The molecule has 0 bridgehead atoms. The molecule has 0 saturated carbocycles. The second-order valence-electron chi connectivity index (χ2n) is 6.66. The van der Waals surface area contributed by atoms with Gasteiger partial charge in [-0.05, 0) is 36.4 Å². The third kappa shape index (κ3) is 6.29. The summed E-state index contributed by atoms with van der Waals surface area (Å²) in [7, 11) is 0. The van der Waals surface area contributed by atoms with Crippen LogP contribution in [0.25, 0.3) is 0 Å². The molecule has 11 heteroatoms. The number of anilines is 3. The maximum atomic E-state index is 11.9. The maximum absolute atomic E-state index is 11.9. The van der Waals surface area contributed by atoms with Crippen LogP contribution in [0.2, 0.25) is 0 Å². The zero-order chi connectivity index (χ0) is 23.5. The van der Waals surface area contributed by atoms with Crippen molar-refractivity contribution in [1.29, 1.82) is 10.5 Å². The number of nitrogens with zero attached hydrogens (tertiary/aromatic N) is 8. The third-order valence-electron chi connectivity index (χ3n) is 4.44. The number of nitro groups is 1. The molecule has 1 heterocycles. The quantitative estimate of drug-likeness (QED) is 0.256. The van der Waals surface area contributed by atoms with Crippen LogP contribution >= 0.6 is 0 Å². The molecule has 1 aromatic heterocycles. The molecule has 0 spiro atoms. The Labute approximate surface area is 189 Å². The lowest BCUT2D eigenvalue weighted by molar-refractivity contribution is -0.383. The highest BCUT2D eigenvalue weighted by molar-refractivity contribution is 5.74. The zero-order valence-corrected chi connectivity index (χ0v) is 17.5. The number of azo groups is 1. The van der Waals surface area contributed by atoms with Gasteiger partial charge in [-0.25, -0.2) is 9.97 Å². The van der Waals surface area contributed by atoms with E-state index in [2.05, 4.69) is 25.5 Å². The Balaban J connectivity index is 1.83. The lowest BCUT2D eigenvalue weighted by atomic mass is 10.2.